The van der Waals surface area contributed by atoms with Crippen molar-refractivity contribution in [3.05, 3.63) is 35.9 Å². The maximum atomic E-state index is 9.84. The molecule has 0 bridgehead atoms. The molecule has 0 saturated heterocycles. The number of aromatic hydroxyl groups is 3. The Hall–Kier alpha value is -2.30. The Morgan fingerprint density at radius 2 is 1.56 bits per heavy atom. The van der Waals surface area contributed by atoms with Crippen LogP contribution in [0.15, 0.2) is 30.3 Å². The summed E-state index contributed by atoms with van der Waals surface area (Å²) < 4.78 is 0. The Kier molecular flexibility index (Phi) is 3.06. The molecule has 4 N–H and O–H groups in total. The van der Waals surface area contributed by atoms with E-state index < -0.39 is 5.75 Å². The molecule has 0 unspecified atom stereocenters. The maximum Gasteiger partial charge on any atom is 0.181 e. The number of nitrogens with one attached hydrogen (secondary N) is 1. The fourth-order valence-electron chi connectivity index (χ4n) is 1.67. The van der Waals surface area contributed by atoms with Gasteiger partial charge in [0.1, 0.15) is 13.6 Å². The van der Waals surface area contributed by atoms with Crippen LogP contribution in [-0.4, -0.2) is 23.2 Å². The first-order valence-corrected chi connectivity index (χ1v) is 5.37. The van der Waals surface area contributed by atoms with E-state index in [4.69, 9.17) is 7.85 Å². The van der Waals surface area contributed by atoms with Gasteiger partial charge in [-0.2, -0.15) is 0 Å². The van der Waals surface area contributed by atoms with E-state index in [-0.39, 0.29) is 22.6 Å². The van der Waals surface area contributed by atoms with E-state index in [0.717, 1.165) is 5.69 Å². The molecule has 2 aromatic carbocycles. The molecule has 0 heterocycles. The molecule has 0 saturated carbocycles. The number of para-hydroxylation sites is 1. The molecule has 0 aliphatic carbocycles. The lowest BCUT2D eigenvalue weighted by molar-refractivity contribution is 0.402. The van der Waals surface area contributed by atoms with Crippen molar-refractivity contribution in [3.8, 4) is 17.2 Å². The lowest BCUT2D eigenvalue weighted by atomic mass is 9.90. The molecule has 0 aliphatic heterocycles. The van der Waals surface area contributed by atoms with Crippen LogP contribution in [0.1, 0.15) is 5.56 Å². The van der Waals surface area contributed by atoms with Crippen molar-refractivity contribution in [2.24, 2.45) is 0 Å². The van der Waals surface area contributed by atoms with Crippen molar-refractivity contribution >= 4 is 24.7 Å². The second-order valence-electron chi connectivity index (χ2n) is 3.95. The summed E-state index contributed by atoms with van der Waals surface area (Å²) in [5.74, 6) is -1.16. The van der Waals surface area contributed by atoms with Crippen LogP contribution < -0.4 is 10.8 Å². The Morgan fingerprint density at radius 1 is 0.944 bits per heavy atom. The van der Waals surface area contributed by atoms with E-state index >= 15 is 0 Å². The van der Waals surface area contributed by atoms with Gasteiger partial charge in [0.05, 0.1) is 5.69 Å². The lowest BCUT2D eigenvalue weighted by Gasteiger charge is -2.16. The molecule has 0 atom stereocenters. The molecule has 2 aromatic rings. The number of rotatable bonds is 2. The van der Waals surface area contributed by atoms with Crippen molar-refractivity contribution in [1.82, 2.24) is 0 Å². The molecular weight excluding hydrogens is 229 g/mol. The van der Waals surface area contributed by atoms with Crippen LogP contribution in [0.25, 0.3) is 0 Å². The highest BCUT2D eigenvalue weighted by atomic mass is 16.3. The van der Waals surface area contributed by atoms with Gasteiger partial charge in [-0.3, -0.25) is 0 Å². The Labute approximate surface area is 106 Å². The normalized spacial score (nSPS) is 10.3. The number of anilines is 2. The van der Waals surface area contributed by atoms with Crippen molar-refractivity contribution in [1.29, 1.82) is 0 Å². The Balaban J connectivity index is 2.52. The first-order valence-electron chi connectivity index (χ1n) is 5.37. The minimum Gasteiger partial charge on any atom is -0.508 e. The van der Waals surface area contributed by atoms with E-state index in [1.807, 2.05) is 18.2 Å². The zero-order valence-corrected chi connectivity index (χ0v) is 9.81. The third-order valence-electron chi connectivity index (χ3n) is 2.74. The standard InChI is InChI=1S/C13H12BNO3/c1-7-10(15-8-5-3-2-4-6-8)13(18)12(17)9(14)11(7)16/h2-6,15-18H,1H3. The predicted octanol–water partition coefficient (Wildman–Crippen LogP) is 1.65. The summed E-state index contributed by atoms with van der Waals surface area (Å²) in [7, 11) is 5.46. The zero-order chi connectivity index (χ0) is 13.3. The lowest BCUT2D eigenvalue weighted by Crippen LogP contribution is -2.08. The van der Waals surface area contributed by atoms with Crippen LogP contribution in [0, 0.1) is 6.92 Å². The minimum absolute atomic E-state index is 0.227. The number of hydrogen-bond acceptors (Lipinski definition) is 4. The highest BCUT2D eigenvalue weighted by molar-refractivity contribution is 6.37. The Bertz CT molecular complexity index is 556. The molecule has 2 radical (unpaired) electrons. The summed E-state index contributed by atoms with van der Waals surface area (Å²) in [6, 6.07) is 9.10. The van der Waals surface area contributed by atoms with Gasteiger partial charge in [-0.15, -0.1) is 0 Å². The molecular formula is C13H12BNO3. The fourth-order valence-corrected chi connectivity index (χ4v) is 1.67. The van der Waals surface area contributed by atoms with E-state index in [1.165, 1.54) is 0 Å². The first kappa shape index (κ1) is 12.2. The van der Waals surface area contributed by atoms with Gasteiger partial charge in [0.2, 0.25) is 0 Å². The summed E-state index contributed by atoms with van der Waals surface area (Å²) in [4.78, 5) is 0. The Morgan fingerprint density at radius 3 is 2.17 bits per heavy atom. The van der Waals surface area contributed by atoms with Crippen molar-refractivity contribution in [2.75, 3.05) is 5.32 Å². The van der Waals surface area contributed by atoms with Gasteiger partial charge in [-0.25, -0.2) is 0 Å². The number of benzene rings is 2. The van der Waals surface area contributed by atoms with Gasteiger partial charge >= 0.3 is 0 Å². The molecule has 5 heteroatoms. The van der Waals surface area contributed by atoms with E-state index in [2.05, 4.69) is 5.32 Å². The van der Waals surface area contributed by atoms with Crippen molar-refractivity contribution in [3.63, 3.8) is 0 Å². The van der Waals surface area contributed by atoms with Crippen LogP contribution in [0.5, 0.6) is 17.2 Å². The first-order chi connectivity index (χ1) is 8.52. The molecule has 0 amide bonds. The van der Waals surface area contributed by atoms with E-state index in [9.17, 15) is 15.3 Å². The van der Waals surface area contributed by atoms with Crippen LogP contribution in [0.3, 0.4) is 0 Å². The van der Waals surface area contributed by atoms with Gasteiger partial charge < -0.3 is 20.6 Å². The molecule has 90 valence electrons. The third kappa shape index (κ3) is 1.95. The van der Waals surface area contributed by atoms with Crippen molar-refractivity contribution < 1.29 is 15.3 Å². The summed E-state index contributed by atoms with van der Waals surface area (Å²) >= 11 is 0. The van der Waals surface area contributed by atoms with Crippen LogP contribution in [-0.2, 0) is 0 Å². The number of phenolic OH excluding ortho intramolecular Hbond substituents is 3. The van der Waals surface area contributed by atoms with Gasteiger partial charge in [0, 0.05) is 11.3 Å². The summed E-state index contributed by atoms with van der Waals surface area (Å²) in [6.45, 7) is 1.59. The van der Waals surface area contributed by atoms with Crippen LogP contribution in [0.4, 0.5) is 11.4 Å². The topological polar surface area (TPSA) is 72.7 Å². The molecule has 0 aliphatic rings. The minimum atomic E-state index is -0.531. The number of hydrogen-bond donors (Lipinski definition) is 4. The molecule has 0 fully saturated rings. The summed E-state index contributed by atoms with van der Waals surface area (Å²) in [6.07, 6.45) is 0. The summed E-state index contributed by atoms with van der Waals surface area (Å²) in [5, 5.41) is 32.1. The molecule has 18 heavy (non-hydrogen) atoms. The predicted molar refractivity (Wildman–Crippen MR) is 71.3 cm³/mol. The average Bonchev–Trinajstić information content (AvgIpc) is 2.40. The van der Waals surface area contributed by atoms with E-state index in [0.29, 0.717) is 5.56 Å². The molecule has 0 aromatic heterocycles. The largest absolute Gasteiger partial charge is 0.508 e. The quantitative estimate of drug-likeness (QED) is 0.366. The summed E-state index contributed by atoms with van der Waals surface area (Å²) in [5.41, 5.74) is 1.08. The smallest absolute Gasteiger partial charge is 0.181 e. The third-order valence-corrected chi connectivity index (χ3v) is 2.74. The van der Waals surface area contributed by atoms with Gasteiger partial charge in [-0.05, 0) is 24.5 Å². The molecule has 4 nitrogen and oxygen atoms in total. The SMILES string of the molecule is [B]c1c(O)c(C)c(Nc2ccccc2)c(O)c1O. The second-order valence-corrected chi connectivity index (χ2v) is 3.95. The highest BCUT2D eigenvalue weighted by Gasteiger charge is 2.18. The average molecular weight is 241 g/mol. The maximum absolute atomic E-state index is 9.84. The monoisotopic (exact) mass is 241 g/mol. The number of phenols is 3. The van der Waals surface area contributed by atoms with Crippen molar-refractivity contribution in [2.45, 2.75) is 6.92 Å². The van der Waals surface area contributed by atoms with Gasteiger partial charge in [-0.1, -0.05) is 18.2 Å². The van der Waals surface area contributed by atoms with Crippen LogP contribution in [0.2, 0.25) is 0 Å². The second kappa shape index (κ2) is 4.53. The van der Waals surface area contributed by atoms with Crippen LogP contribution >= 0.6 is 0 Å². The van der Waals surface area contributed by atoms with Gasteiger partial charge in [0.25, 0.3) is 0 Å². The highest BCUT2D eigenvalue weighted by Crippen LogP contribution is 2.40. The van der Waals surface area contributed by atoms with E-state index in [1.54, 1.807) is 19.1 Å². The van der Waals surface area contributed by atoms with Gasteiger partial charge in [0.15, 0.2) is 11.5 Å². The molecule has 0 spiro atoms. The fraction of sp³-hybridized carbons (Fsp3) is 0.0769. The molecule has 2 rings (SSSR count). The zero-order valence-electron chi connectivity index (χ0n) is 9.81.